The van der Waals surface area contributed by atoms with E-state index >= 15 is 0 Å². The van der Waals surface area contributed by atoms with E-state index in [2.05, 4.69) is 17.4 Å². The average molecular weight is 305 g/mol. The van der Waals surface area contributed by atoms with Crippen molar-refractivity contribution in [2.24, 2.45) is 5.92 Å². The van der Waals surface area contributed by atoms with Crippen LogP contribution in [0.25, 0.3) is 0 Å². The maximum atomic E-state index is 12.1. The lowest BCUT2D eigenvalue weighted by Crippen LogP contribution is -2.44. The van der Waals surface area contributed by atoms with Gasteiger partial charge >= 0.3 is 5.97 Å². The highest BCUT2D eigenvalue weighted by Gasteiger charge is 2.28. The molecular weight excluding hydrogens is 282 g/mol. The minimum Gasteiger partial charge on any atom is -0.467 e. The van der Waals surface area contributed by atoms with Crippen molar-refractivity contribution in [1.29, 1.82) is 0 Å². The summed E-state index contributed by atoms with van der Waals surface area (Å²) in [6.45, 7) is 1.04. The van der Waals surface area contributed by atoms with E-state index in [1.807, 2.05) is 18.2 Å². The summed E-state index contributed by atoms with van der Waals surface area (Å²) >= 11 is 0. The number of hydrogen-bond donors (Lipinski definition) is 1. The molecule has 0 unspecified atom stereocenters. The fourth-order valence-corrected chi connectivity index (χ4v) is 2.58. The molecule has 2 atom stereocenters. The summed E-state index contributed by atoms with van der Waals surface area (Å²) in [6, 6.07) is 9.50. The van der Waals surface area contributed by atoms with Gasteiger partial charge in [0.25, 0.3) is 0 Å². The van der Waals surface area contributed by atoms with Crippen LogP contribution in [0, 0.1) is 5.92 Å². The van der Waals surface area contributed by atoms with Gasteiger partial charge in [0.2, 0.25) is 5.91 Å². The Hall–Kier alpha value is -1.88. The lowest BCUT2D eigenvalue weighted by atomic mass is 10.0. The molecule has 1 aliphatic rings. The summed E-state index contributed by atoms with van der Waals surface area (Å²) in [6.07, 6.45) is 2.96. The number of aryl methyl sites for hydroxylation is 1. The van der Waals surface area contributed by atoms with Gasteiger partial charge in [-0.2, -0.15) is 0 Å². The van der Waals surface area contributed by atoms with Crippen LogP contribution in [0.3, 0.4) is 0 Å². The number of amides is 1. The van der Waals surface area contributed by atoms with Crippen LogP contribution in [-0.2, 0) is 25.5 Å². The molecule has 0 aromatic heterocycles. The predicted octanol–water partition coefficient (Wildman–Crippen LogP) is 1.70. The van der Waals surface area contributed by atoms with Crippen molar-refractivity contribution in [2.45, 2.75) is 31.7 Å². The second-order valence-electron chi connectivity index (χ2n) is 5.52. The molecule has 0 aliphatic carbocycles. The average Bonchev–Trinajstić information content (AvgIpc) is 3.08. The number of esters is 1. The molecule has 1 aromatic rings. The second kappa shape index (κ2) is 8.54. The SMILES string of the molecule is COC(=O)[C@@H](CCCc1ccccc1)NC(=O)[C@H]1CCOC1. The van der Waals surface area contributed by atoms with E-state index in [1.165, 1.54) is 12.7 Å². The number of rotatable bonds is 7. The van der Waals surface area contributed by atoms with Crippen molar-refractivity contribution in [1.82, 2.24) is 5.32 Å². The standard InChI is InChI=1S/C17H23NO4/c1-21-17(20)15(18-16(19)14-10-11-22-12-14)9-5-8-13-6-3-2-4-7-13/h2-4,6-7,14-15H,5,8-12H2,1H3,(H,18,19)/t14-,15+/m0/s1. The zero-order valence-electron chi connectivity index (χ0n) is 12.9. The van der Waals surface area contributed by atoms with Crippen LogP contribution in [0.2, 0.25) is 0 Å². The molecule has 0 bridgehead atoms. The summed E-state index contributed by atoms with van der Waals surface area (Å²) < 4.78 is 10.0. The Labute approximate surface area is 131 Å². The van der Waals surface area contributed by atoms with Gasteiger partial charge < -0.3 is 14.8 Å². The van der Waals surface area contributed by atoms with Crippen molar-refractivity contribution in [3.63, 3.8) is 0 Å². The molecular formula is C17H23NO4. The van der Waals surface area contributed by atoms with Crippen LogP contribution in [0.5, 0.6) is 0 Å². The van der Waals surface area contributed by atoms with Crippen molar-refractivity contribution in [2.75, 3.05) is 20.3 Å². The Bertz CT molecular complexity index is 483. The first kappa shape index (κ1) is 16.5. The molecule has 1 heterocycles. The van der Waals surface area contributed by atoms with E-state index in [0.29, 0.717) is 26.1 Å². The quantitative estimate of drug-likeness (QED) is 0.779. The van der Waals surface area contributed by atoms with E-state index in [0.717, 1.165) is 12.8 Å². The van der Waals surface area contributed by atoms with Crippen molar-refractivity contribution in [3.8, 4) is 0 Å². The van der Waals surface area contributed by atoms with Crippen molar-refractivity contribution < 1.29 is 19.1 Å². The third-order valence-electron chi connectivity index (χ3n) is 3.90. The fourth-order valence-electron chi connectivity index (χ4n) is 2.58. The number of nitrogens with one attached hydrogen (secondary N) is 1. The summed E-state index contributed by atoms with van der Waals surface area (Å²) in [7, 11) is 1.34. The number of carbonyl (C=O) groups excluding carboxylic acids is 2. The number of carbonyl (C=O) groups is 2. The normalized spacial score (nSPS) is 18.7. The zero-order chi connectivity index (χ0) is 15.8. The Morgan fingerprint density at radius 1 is 1.36 bits per heavy atom. The first-order valence-corrected chi connectivity index (χ1v) is 7.70. The van der Waals surface area contributed by atoms with Crippen LogP contribution in [0.15, 0.2) is 30.3 Å². The van der Waals surface area contributed by atoms with Gasteiger partial charge in [0.15, 0.2) is 0 Å². The molecule has 1 fully saturated rings. The van der Waals surface area contributed by atoms with Gasteiger partial charge in [0.1, 0.15) is 6.04 Å². The van der Waals surface area contributed by atoms with Gasteiger partial charge in [-0.1, -0.05) is 30.3 Å². The zero-order valence-corrected chi connectivity index (χ0v) is 12.9. The smallest absolute Gasteiger partial charge is 0.328 e. The first-order chi connectivity index (χ1) is 10.7. The van der Waals surface area contributed by atoms with E-state index in [9.17, 15) is 9.59 Å². The predicted molar refractivity (Wildman–Crippen MR) is 82.3 cm³/mol. The summed E-state index contributed by atoms with van der Waals surface area (Å²) in [4.78, 5) is 23.9. The topological polar surface area (TPSA) is 64.6 Å². The van der Waals surface area contributed by atoms with Gasteiger partial charge in [0.05, 0.1) is 19.6 Å². The Morgan fingerprint density at radius 2 is 2.14 bits per heavy atom. The lowest BCUT2D eigenvalue weighted by Gasteiger charge is -2.18. The van der Waals surface area contributed by atoms with Gasteiger partial charge in [-0.15, -0.1) is 0 Å². The Kier molecular flexibility index (Phi) is 6.40. The highest BCUT2D eigenvalue weighted by Crippen LogP contribution is 2.14. The maximum absolute atomic E-state index is 12.1. The van der Waals surface area contributed by atoms with Gasteiger partial charge in [-0.05, 0) is 31.2 Å². The molecule has 1 aliphatic heterocycles. The fraction of sp³-hybridized carbons (Fsp3) is 0.529. The molecule has 0 saturated carbocycles. The molecule has 2 rings (SSSR count). The lowest BCUT2D eigenvalue weighted by molar-refractivity contribution is -0.145. The molecule has 120 valence electrons. The largest absolute Gasteiger partial charge is 0.467 e. The minimum atomic E-state index is -0.582. The molecule has 0 spiro atoms. The molecule has 0 radical (unpaired) electrons. The molecule has 22 heavy (non-hydrogen) atoms. The highest BCUT2D eigenvalue weighted by molar-refractivity contribution is 5.85. The second-order valence-corrected chi connectivity index (χ2v) is 5.52. The van der Waals surface area contributed by atoms with Gasteiger partial charge in [0, 0.05) is 6.61 Å². The minimum absolute atomic E-state index is 0.118. The van der Waals surface area contributed by atoms with Crippen LogP contribution >= 0.6 is 0 Å². The third-order valence-corrected chi connectivity index (χ3v) is 3.90. The molecule has 1 N–H and O–H groups in total. The molecule has 1 aromatic carbocycles. The molecule has 5 heteroatoms. The van der Waals surface area contributed by atoms with Crippen LogP contribution in [0.1, 0.15) is 24.8 Å². The van der Waals surface area contributed by atoms with Crippen LogP contribution < -0.4 is 5.32 Å². The van der Waals surface area contributed by atoms with Crippen LogP contribution in [-0.4, -0.2) is 38.2 Å². The van der Waals surface area contributed by atoms with Gasteiger partial charge in [-0.25, -0.2) is 4.79 Å². The van der Waals surface area contributed by atoms with Gasteiger partial charge in [-0.3, -0.25) is 4.79 Å². The molecule has 1 saturated heterocycles. The van der Waals surface area contributed by atoms with E-state index in [4.69, 9.17) is 9.47 Å². The number of benzene rings is 1. The Balaban J connectivity index is 1.83. The number of ether oxygens (including phenoxy) is 2. The molecule has 1 amide bonds. The number of hydrogen-bond acceptors (Lipinski definition) is 4. The molecule has 5 nitrogen and oxygen atoms in total. The first-order valence-electron chi connectivity index (χ1n) is 7.70. The van der Waals surface area contributed by atoms with E-state index < -0.39 is 6.04 Å². The summed E-state index contributed by atoms with van der Waals surface area (Å²) in [5.74, 6) is -0.658. The van der Waals surface area contributed by atoms with E-state index in [-0.39, 0.29) is 17.8 Å². The van der Waals surface area contributed by atoms with Crippen molar-refractivity contribution in [3.05, 3.63) is 35.9 Å². The highest BCUT2D eigenvalue weighted by atomic mass is 16.5. The number of methoxy groups -OCH3 is 1. The monoisotopic (exact) mass is 305 g/mol. The Morgan fingerprint density at radius 3 is 2.77 bits per heavy atom. The van der Waals surface area contributed by atoms with Crippen molar-refractivity contribution >= 4 is 11.9 Å². The third kappa shape index (κ3) is 4.84. The summed E-state index contributed by atoms with van der Waals surface area (Å²) in [5.41, 5.74) is 1.22. The maximum Gasteiger partial charge on any atom is 0.328 e. The summed E-state index contributed by atoms with van der Waals surface area (Å²) in [5, 5.41) is 2.80. The van der Waals surface area contributed by atoms with E-state index in [1.54, 1.807) is 0 Å². The van der Waals surface area contributed by atoms with Crippen LogP contribution in [0.4, 0.5) is 0 Å².